The summed E-state index contributed by atoms with van der Waals surface area (Å²) in [5.41, 5.74) is 9.61. The molecule has 4 unspecified atom stereocenters. The molecule has 0 bridgehead atoms. The van der Waals surface area contributed by atoms with Gasteiger partial charge in [0.15, 0.2) is 0 Å². The molecular formula is C36H40. The Labute approximate surface area is 218 Å². The van der Waals surface area contributed by atoms with Gasteiger partial charge in [0.05, 0.1) is 5.41 Å². The van der Waals surface area contributed by atoms with E-state index < -0.39 is 0 Å². The van der Waals surface area contributed by atoms with E-state index in [9.17, 15) is 0 Å². The topological polar surface area (TPSA) is 0 Å². The van der Waals surface area contributed by atoms with Crippen LogP contribution in [0, 0.1) is 16.7 Å². The highest BCUT2D eigenvalue weighted by molar-refractivity contribution is 5.76. The van der Waals surface area contributed by atoms with Crippen LogP contribution in [0.5, 0.6) is 0 Å². The standard InChI is InChI=1S/C34H34.C2H6/c1-23-27-17-11-12-18-28(27)33(25-13-7-5-8-14-25)29-19-20-31(3,4)24(2)30(29)32(21-22-32)34(23,33)26-15-9-6-10-16-26;1-2/h5-20,23-24H,21-22H2,1-4H3;1-2H3. The highest BCUT2D eigenvalue weighted by Gasteiger charge is 2.81. The van der Waals surface area contributed by atoms with Gasteiger partial charge in [-0.15, -0.1) is 0 Å². The van der Waals surface area contributed by atoms with E-state index in [1.54, 1.807) is 16.7 Å². The van der Waals surface area contributed by atoms with Crippen molar-refractivity contribution in [3.8, 4) is 0 Å². The van der Waals surface area contributed by atoms with E-state index in [0.717, 1.165) is 0 Å². The Bertz CT molecular complexity index is 1350. The third-order valence-electron chi connectivity index (χ3n) is 10.5. The lowest BCUT2D eigenvalue weighted by atomic mass is 9.50. The van der Waals surface area contributed by atoms with Crippen LogP contribution in [0.3, 0.4) is 0 Å². The summed E-state index contributed by atoms with van der Waals surface area (Å²) in [5, 5.41) is 0. The van der Waals surface area contributed by atoms with Crippen LogP contribution in [0.4, 0.5) is 0 Å². The Morgan fingerprint density at radius 3 is 1.83 bits per heavy atom. The molecule has 0 saturated heterocycles. The molecule has 4 atom stereocenters. The minimum atomic E-state index is -0.168. The molecule has 0 aliphatic heterocycles. The van der Waals surface area contributed by atoms with Crippen molar-refractivity contribution >= 4 is 0 Å². The Morgan fingerprint density at radius 2 is 1.22 bits per heavy atom. The highest BCUT2D eigenvalue weighted by atomic mass is 14.8. The first-order valence-corrected chi connectivity index (χ1v) is 14.1. The molecule has 3 aromatic rings. The number of fused-ring (bicyclic) bond motifs is 6. The van der Waals surface area contributed by atoms with Crippen molar-refractivity contribution in [2.24, 2.45) is 16.7 Å². The van der Waals surface area contributed by atoms with Crippen LogP contribution < -0.4 is 0 Å². The van der Waals surface area contributed by atoms with E-state index in [2.05, 4.69) is 125 Å². The third kappa shape index (κ3) is 2.46. The van der Waals surface area contributed by atoms with Crippen LogP contribution in [0.25, 0.3) is 0 Å². The zero-order valence-corrected chi connectivity index (χ0v) is 22.8. The van der Waals surface area contributed by atoms with Gasteiger partial charge in [-0.05, 0) is 57.9 Å². The molecule has 0 heterocycles. The molecule has 3 aromatic carbocycles. The maximum absolute atomic E-state index is 2.56. The van der Waals surface area contributed by atoms with E-state index in [4.69, 9.17) is 0 Å². The molecule has 184 valence electrons. The Morgan fingerprint density at radius 1 is 0.667 bits per heavy atom. The van der Waals surface area contributed by atoms with Gasteiger partial charge in [-0.1, -0.05) is 144 Å². The van der Waals surface area contributed by atoms with Crippen molar-refractivity contribution in [2.75, 3.05) is 0 Å². The summed E-state index contributed by atoms with van der Waals surface area (Å²) in [5.74, 6) is 0.962. The zero-order valence-electron chi connectivity index (χ0n) is 22.8. The van der Waals surface area contributed by atoms with Crippen LogP contribution >= 0.6 is 0 Å². The number of hydrogen-bond donors (Lipinski definition) is 0. The van der Waals surface area contributed by atoms with Crippen molar-refractivity contribution in [3.63, 3.8) is 0 Å². The van der Waals surface area contributed by atoms with Crippen molar-refractivity contribution in [3.05, 3.63) is 130 Å². The average Bonchev–Trinajstić information content (AvgIpc) is 3.63. The zero-order chi connectivity index (χ0) is 25.3. The number of allylic oxidation sites excluding steroid dienone is 4. The van der Waals surface area contributed by atoms with Gasteiger partial charge in [-0.3, -0.25) is 0 Å². The fourth-order valence-electron chi connectivity index (χ4n) is 8.93. The van der Waals surface area contributed by atoms with E-state index >= 15 is 0 Å². The highest BCUT2D eigenvalue weighted by Crippen LogP contribution is 2.85. The van der Waals surface area contributed by atoms with E-state index in [1.807, 2.05) is 13.8 Å². The first kappa shape index (κ1) is 23.5. The fourth-order valence-corrected chi connectivity index (χ4v) is 8.93. The molecule has 0 N–H and O–H groups in total. The van der Waals surface area contributed by atoms with Crippen molar-refractivity contribution in [2.45, 2.75) is 71.1 Å². The molecule has 0 aromatic heterocycles. The second-order valence-corrected chi connectivity index (χ2v) is 11.9. The molecule has 0 heteroatoms. The summed E-state index contributed by atoms with van der Waals surface area (Å²) < 4.78 is 0. The van der Waals surface area contributed by atoms with Crippen LogP contribution in [-0.2, 0) is 10.8 Å². The molecule has 4 aliphatic carbocycles. The Balaban J connectivity index is 0.00000117. The van der Waals surface area contributed by atoms with Crippen molar-refractivity contribution in [1.29, 1.82) is 0 Å². The summed E-state index contributed by atoms with van der Waals surface area (Å²) in [7, 11) is 0. The normalized spacial score (nSPS) is 31.8. The molecule has 1 saturated carbocycles. The van der Waals surface area contributed by atoms with Crippen LogP contribution in [-0.4, -0.2) is 0 Å². The largest absolute Gasteiger partial charge is 0.0780 e. The van der Waals surface area contributed by atoms with Crippen LogP contribution in [0.1, 0.15) is 82.6 Å². The number of rotatable bonds is 2. The SMILES string of the molecule is CC.CC1C2=C(C=CC1(C)C)C1(c3ccccc3)c3ccccc3C(C)C1(c1ccccc1)C21CC1. The van der Waals surface area contributed by atoms with Crippen molar-refractivity contribution in [1.82, 2.24) is 0 Å². The second kappa shape index (κ2) is 7.82. The van der Waals surface area contributed by atoms with Gasteiger partial charge in [0, 0.05) is 10.8 Å². The van der Waals surface area contributed by atoms with Gasteiger partial charge in [0.2, 0.25) is 0 Å². The van der Waals surface area contributed by atoms with Gasteiger partial charge in [0.1, 0.15) is 0 Å². The molecule has 7 rings (SSSR count). The molecule has 0 nitrogen and oxygen atoms in total. The molecule has 1 spiro atoms. The first-order valence-electron chi connectivity index (χ1n) is 14.1. The summed E-state index contributed by atoms with van der Waals surface area (Å²) in [6.07, 6.45) is 7.66. The Kier molecular flexibility index (Phi) is 5.11. The van der Waals surface area contributed by atoms with Gasteiger partial charge >= 0.3 is 0 Å². The molecule has 4 aliphatic rings. The second-order valence-electron chi connectivity index (χ2n) is 11.9. The molecule has 1 fully saturated rings. The molecule has 0 radical (unpaired) electrons. The average molecular weight is 473 g/mol. The van der Waals surface area contributed by atoms with Gasteiger partial charge in [-0.2, -0.15) is 0 Å². The van der Waals surface area contributed by atoms with Gasteiger partial charge in [-0.25, -0.2) is 0 Å². The summed E-state index contributed by atoms with van der Waals surface area (Å²) >= 11 is 0. The minimum Gasteiger partial charge on any atom is -0.0780 e. The molecular weight excluding hydrogens is 432 g/mol. The van der Waals surface area contributed by atoms with Crippen LogP contribution in [0.2, 0.25) is 0 Å². The summed E-state index contributed by atoms with van der Waals surface area (Å²) in [4.78, 5) is 0. The van der Waals surface area contributed by atoms with E-state index in [-0.39, 0.29) is 21.7 Å². The predicted molar refractivity (Wildman–Crippen MR) is 152 cm³/mol. The Hall–Kier alpha value is -2.86. The summed E-state index contributed by atoms with van der Waals surface area (Å²) in [6.45, 7) is 13.9. The molecule has 36 heavy (non-hydrogen) atoms. The van der Waals surface area contributed by atoms with Crippen LogP contribution in [0.15, 0.2) is 108 Å². The third-order valence-corrected chi connectivity index (χ3v) is 10.5. The minimum absolute atomic E-state index is 0.0179. The number of benzene rings is 3. The van der Waals surface area contributed by atoms with Gasteiger partial charge in [0.25, 0.3) is 0 Å². The number of hydrogen-bond acceptors (Lipinski definition) is 0. The lowest BCUT2D eigenvalue weighted by Crippen LogP contribution is -2.51. The lowest BCUT2D eigenvalue weighted by Gasteiger charge is -2.50. The molecule has 0 amide bonds. The van der Waals surface area contributed by atoms with E-state index in [1.165, 1.54) is 29.5 Å². The van der Waals surface area contributed by atoms with Gasteiger partial charge < -0.3 is 0 Å². The first-order chi connectivity index (χ1) is 17.4. The fraction of sp³-hybridized carbons (Fsp3) is 0.389. The van der Waals surface area contributed by atoms with Crippen molar-refractivity contribution < 1.29 is 0 Å². The monoisotopic (exact) mass is 472 g/mol. The lowest BCUT2D eigenvalue weighted by molar-refractivity contribution is 0.194. The maximum Gasteiger partial charge on any atom is 0.0564 e. The summed E-state index contributed by atoms with van der Waals surface area (Å²) in [6, 6.07) is 32.5. The smallest absolute Gasteiger partial charge is 0.0564 e. The van der Waals surface area contributed by atoms with E-state index in [0.29, 0.717) is 11.8 Å². The maximum atomic E-state index is 2.56. The quantitative estimate of drug-likeness (QED) is 0.348. The predicted octanol–water partition coefficient (Wildman–Crippen LogP) is 9.38.